The Bertz CT molecular complexity index is 552. The van der Waals surface area contributed by atoms with E-state index in [1.54, 1.807) is 19.2 Å². The van der Waals surface area contributed by atoms with Gasteiger partial charge < -0.3 is 10.5 Å². The first-order valence-electron chi connectivity index (χ1n) is 5.32. The standard InChI is InChI=1S/C14H14FNO/c1-9-7-10(3-6-14(9)17-2)12-5-4-11(16)8-13(12)15/h3-8H,16H2,1-2H3. The number of rotatable bonds is 2. The van der Waals surface area contributed by atoms with Crippen molar-refractivity contribution >= 4 is 5.69 Å². The van der Waals surface area contributed by atoms with Crippen LogP contribution in [-0.4, -0.2) is 7.11 Å². The largest absolute Gasteiger partial charge is 0.496 e. The number of anilines is 1. The Morgan fingerprint density at radius 2 is 1.88 bits per heavy atom. The van der Waals surface area contributed by atoms with Crippen LogP contribution in [0.5, 0.6) is 5.75 Å². The summed E-state index contributed by atoms with van der Waals surface area (Å²) in [7, 11) is 1.62. The first-order valence-corrected chi connectivity index (χ1v) is 5.32. The monoisotopic (exact) mass is 231 g/mol. The predicted molar refractivity (Wildman–Crippen MR) is 67.5 cm³/mol. The molecule has 0 aliphatic carbocycles. The maximum Gasteiger partial charge on any atom is 0.133 e. The fraction of sp³-hybridized carbons (Fsp3) is 0.143. The van der Waals surface area contributed by atoms with Gasteiger partial charge >= 0.3 is 0 Å². The molecule has 0 aromatic heterocycles. The highest BCUT2D eigenvalue weighted by Crippen LogP contribution is 2.28. The third-order valence-electron chi connectivity index (χ3n) is 2.70. The van der Waals surface area contributed by atoms with Crippen molar-refractivity contribution in [1.82, 2.24) is 0 Å². The number of hydrogen-bond acceptors (Lipinski definition) is 2. The van der Waals surface area contributed by atoms with Crippen molar-refractivity contribution in [2.75, 3.05) is 12.8 Å². The lowest BCUT2D eigenvalue weighted by Gasteiger charge is -2.08. The molecule has 0 heterocycles. The summed E-state index contributed by atoms with van der Waals surface area (Å²) in [6.07, 6.45) is 0. The average molecular weight is 231 g/mol. The van der Waals surface area contributed by atoms with E-state index in [-0.39, 0.29) is 5.82 Å². The van der Waals surface area contributed by atoms with Gasteiger partial charge in [0.05, 0.1) is 7.11 Å². The zero-order valence-corrected chi connectivity index (χ0v) is 9.83. The lowest BCUT2D eigenvalue weighted by Crippen LogP contribution is -1.91. The van der Waals surface area contributed by atoms with Crippen LogP contribution in [0.15, 0.2) is 36.4 Å². The summed E-state index contributed by atoms with van der Waals surface area (Å²) < 4.78 is 18.9. The third kappa shape index (κ3) is 2.23. The van der Waals surface area contributed by atoms with Crippen LogP contribution in [0.2, 0.25) is 0 Å². The van der Waals surface area contributed by atoms with Gasteiger partial charge in [0.2, 0.25) is 0 Å². The first kappa shape index (κ1) is 11.5. The van der Waals surface area contributed by atoms with Crippen molar-refractivity contribution in [3.05, 3.63) is 47.8 Å². The van der Waals surface area contributed by atoms with Crippen LogP contribution in [0.1, 0.15) is 5.56 Å². The van der Waals surface area contributed by atoms with Gasteiger partial charge in [-0.25, -0.2) is 4.39 Å². The highest BCUT2D eigenvalue weighted by molar-refractivity contribution is 5.68. The summed E-state index contributed by atoms with van der Waals surface area (Å²) in [5.41, 5.74) is 8.29. The van der Waals surface area contributed by atoms with Gasteiger partial charge in [-0.2, -0.15) is 0 Å². The number of methoxy groups -OCH3 is 1. The summed E-state index contributed by atoms with van der Waals surface area (Å²) in [4.78, 5) is 0. The molecule has 2 aromatic carbocycles. The molecule has 2 rings (SSSR count). The maximum absolute atomic E-state index is 13.7. The number of nitrogen functional groups attached to an aromatic ring is 1. The molecule has 0 atom stereocenters. The Morgan fingerprint density at radius 1 is 1.12 bits per heavy atom. The molecule has 2 N–H and O–H groups in total. The highest BCUT2D eigenvalue weighted by Gasteiger charge is 2.07. The summed E-state index contributed by atoms with van der Waals surface area (Å²) >= 11 is 0. The molecule has 17 heavy (non-hydrogen) atoms. The highest BCUT2D eigenvalue weighted by atomic mass is 19.1. The summed E-state index contributed by atoms with van der Waals surface area (Å²) in [5.74, 6) is 0.485. The average Bonchev–Trinajstić information content (AvgIpc) is 2.29. The molecule has 0 saturated carbocycles. The molecule has 2 aromatic rings. The number of halogens is 1. The molecule has 88 valence electrons. The van der Waals surface area contributed by atoms with Gasteiger partial charge in [0.1, 0.15) is 11.6 Å². The van der Waals surface area contributed by atoms with Gasteiger partial charge in [-0.3, -0.25) is 0 Å². The van der Waals surface area contributed by atoms with Crippen molar-refractivity contribution in [3.63, 3.8) is 0 Å². The zero-order valence-electron chi connectivity index (χ0n) is 9.83. The summed E-state index contributed by atoms with van der Waals surface area (Å²) in [5, 5.41) is 0. The second kappa shape index (κ2) is 4.45. The Hall–Kier alpha value is -2.03. The minimum Gasteiger partial charge on any atom is -0.496 e. The van der Waals surface area contributed by atoms with Crippen molar-refractivity contribution in [3.8, 4) is 16.9 Å². The molecule has 0 spiro atoms. The molecule has 0 aliphatic rings. The van der Waals surface area contributed by atoms with E-state index in [2.05, 4.69) is 0 Å². The predicted octanol–water partition coefficient (Wildman–Crippen LogP) is 3.39. The van der Waals surface area contributed by atoms with Gasteiger partial charge in [-0.1, -0.05) is 6.07 Å². The Balaban J connectivity index is 2.50. The van der Waals surface area contributed by atoms with E-state index in [4.69, 9.17) is 10.5 Å². The van der Waals surface area contributed by atoms with Gasteiger partial charge in [0.25, 0.3) is 0 Å². The number of aryl methyl sites for hydroxylation is 1. The molecule has 0 bridgehead atoms. The molecule has 0 amide bonds. The second-order valence-corrected chi connectivity index (χ2v) is 3.92. The molecular weight excluding hydrogens is 217 g/mol. The van der Waals surface area contributed by atoms with E-state index >= 15 is 0 Å². The second-order valence-electron chi connectivity index (χ2n) is 3.92. The Kier molecular flexibility index (Phi) is 3.00. The fourth-order valence-corrected chi connectivity index (χ4v) is 1.81. The van der Waals surface area contributed by atoms with Crippen molar-refractivity contribution < 1.29 is 9.13 Å². The SMILES string of the molecule is COc1ccc(-c2ccc(N)cc2F)cc1C. The molecule has 0 fully saturated rings. The van der Waals surface area contributed by atoms with E-state index in [0.717, 1.165) is 16.9 Å². The van der Waals surface area contributed by atoms with E-state index in [1.807, 2.05) is 25.1 Å². The van der Waals surface area contributed by atoms with Crippen molar-refractivity contribution in [2.24, 2.45) is 0 Å². The fourth-order valence-electron chi connectivity index (χ4n) is 1.81. The number of ether oxygens (including phenoxy) is 1. The number of nitrogens with two attached hydrogens (primary N) is 1. The maximum atomic E-state index is 13.7. The molecule has 3 heteroatoms. The van der Waals surface area contributed by atoms with Gasteiger partial charge in [-0.15, -0.1) is 0 Å². The minimum absolute atomic E-state index is 0.311. The van der Waals surface area contributed by atoms with Crippen LogP contribution in [0.25, 0.3) is 11.1 Å². The lowest BCUT2D eigenvalue weighted by atomic mass is 10.0. The Morgan fingerprint density at radius 3 is 2.47 bits per heavy atom. The normalized spacial score (nSPS) is 10.3. The van der Waals surface area contributed by atoms with E-state index in [1.165, 1.54) is 6.07 Å². The van der Waals surface area contributed by atoms with Crippen LogP contribution in [0, 0.1) is 12.7 Å². The van der Waals surface area contributed by atoms with Gasteiger partial charge in [0.15, 0.2) is 0 Å². The summed E-state index contributed by atoms with van der Waals surface area (Å²) in [6, 6.07) is 10.3. The van der Waals surface area contributed by atoms with Crippen molar-refractivity contribution in [2.45, 2.75) is 6.92 Å². The zero-order chi connectivity index (χ0) is 12.4. The van der Waals surface area contributed by atoms with Crippen LogP contribution in [0.4, 0.5) is 10.1 Å². The van der Waals surface area contributed by atoms with E-state index < -0.39 is 0 Å². The topological polar surface area (TPSA) is 35.2 Å². The number of benzene rings is 2. The molecular formula is C14H14FNO. The molecule has 0 radical (unpaired) electrons. The van der Waals surface area contributed by atoms with E-state index in [9.17, 15) is 4.39 Å². The Labute approximate surface area is 99.8 Å². The summed E-state index contributed by atoms with van der Waals surface area (Å²) in [6.45, 7) is 1.93. The third-order valence-corrected chi connectivity index (χ3v) is 2.70. The van der Waals surface area contributed by atoms with Crippen LogP contribution < -0.4 is 10.5 Å². The lowest BCUT2D eigenvalue weighted by molar-refractivity contribution is 0.412. The first-order chi connectivity index (χ1) is 8.11. The number of hydrogen-bond donors (Lipinski definition) is 1. The quantitative estimate of drug-likeness (QED) is 0.804. The van der Waals surface area contributed by atoms with Gasteiger partial charge in [-0.05, 0) is 48.4 Å². The van der Waals surface area contributed by atoms with Crippen molar-refractivity contribution in [1.29, 1.82) is 0 Å². The van der Waals surface area contributed by atoms with Crippen LogP contribution in [-0.2, 0) is 0 Å². The minimum atomic E-state index is -0.311. The molecule has 0 unspecified atom stereocenters. The molecule has 2 nitrogen and oxygen atoms in total. The molecule has 0 saturated heterocycles. The van der Waals surface area contributed by atoms with Gasteiger partial charge in [0, 0.05) is 11.3 Å². The van der Waals surface area contributed by atoms with Crippen LogP contribution in [0.3, 0.4) is 0 Å². The smallest absolute Gasteiger partial charge is 0.133 e. The van der Waals surface area contributed by atoms with E-state index in [0.29, 0.717) is 11.3 Å². The van der Waals surface area contributed by atoms with Crippen LogP contribution >= 0.6 is 0 Å². The molecule has 0 aliphatic heterocycles.